The van der Waals surface area contributed by atoms with Crippen LogP contribution in [0.1, 0.15) is 18.4 Å². The minimum absolute atomic E-state index is 0.166. The van der Waals surface area contributed by atoms with Crippen molar-refractivity contribution in [1.82, 2.24) is 4.90 Å². The Balaban J connectivity index is 1.73. The number of benzene rings is 1. The van der Waals surface area contributed by atoms with Crippen molar-refractivity contribution >= 4 is 6.09 Å². The van der Waals surface area contributed by atoms with Crippen molar-refractivity contribution < 1.29 is 14.3 Å². The summed E-state index contributed by atoms with van der Waals surface area (Å²) in [4.78, 5) is 13.3. The summed E-state index contributed by atoms with van der Waals surface area (Å²) in [5, 5.41) is 0. The normalized spacial score (nSPS) is 18.6. The molecule has 0 saturated carbocycles. The highest BCUT2D eigenvalue weighted by molar-refractivity contribution is 5.67. The number of likely N-dealkylation sites (N-methyl/N-ethyl adjacent to an activating group) is 1. The molecule has 1 heterocycles. The minimum Gasteiger partial charge on any atom is -0.445 e. The highest BCUT2D eigenvalue weighted by Gasteiger charge is 2.20. The SMILES string of the molecule is CN(CC1CCCO1)C(=O)OCc1ccccc1. The number of carbonyl (C=O) groups is 1. The number of hydrogen-bond donors (Lipinski definition) is 0. The molecule has 0 aliphatic carbocycles. The second-order valence-electron chi connectivity index (χ2n) is 4.56. The van der Waals surface area contributed by atoms with Crippen molar-refractivity contribution in [3.05, 3.63) is 35.9 Å². The van der Waals surface area contributed by atoms with Crippen LogP contribution in [0.4, 0.5) is 4.79 Å². The van der Waals surface area contributed by atoms with Gasteiger partial charge in [0.15, 0.2) is 0 Å². The van der Waals surface area contributed by atoms with Crippen LogP contribution in [-0.2, 0) is 16.1 Å². The summed E-state index contributed by atoms with van der Waals surface area (Å²) in [7, 11) is 1.75. The first-order chi connectivity index (χ1) is 8.75. The van der Waals surface area contributed by atoms with Crippen LogP contribution < -0.4 is 0 Å². The third-order valence-electron chi connectivity index (χ3n) is 3.02. The highest BCUT2D eigenvalue weighted by atomic mass is 16.6. The molecule has 1 saturated heterocycles. The van der Waals surface area contributed by atoms with Crippen molar-refractivity contribution in [1.29, 1.82) is 0 Å². The Labute approximate surface area is 107 Å². The molecule has 1 fully saturated rings. The predicted octanol–water partition coefficient (Wildman–Crippen LogP) is 2.43. The van der Waals surface area contributed by atoms with Crippen molar-refractivity contribution in [2.24, 2.45) is 0 Å². The van der Waals surface area contributed by atoms with Gasteiger partial charge in [0.25, 0.3) is 0 Å². The topological polar surface area (TPSA) is 38.8 Å². The summed E-state index contributed by atoms with van der Waals surface area (Å²) >= 11 is 0. The van der Waals surface area contributed by atoms with Gasteiger partial charge in [-0.1, -0.05) is 30.3 Å². The lowest BCUT2D eigenvalue weighted by Crippen LogP contribution is -2.34. The summed E-state index contributed by atoms with van der Waals surface area (Å²) in [5.41, 5.74) is 0.997. The Kier molecular flexibility index (Phi) is 4.59. The standard InChI is InChI=1S/C14H19NO3/c1-15(10-13-8-5-9-17-13)14(16)18-11-12-6-3-2-4-7-12/h2-4,6-7,13H,5,8-11H2,1H3. The first-order valence-electron chi connectivity index (χ1n) is 6.29. The Bertz CT molecular complexity index is 374. The summed E-state index contributed by atoms with van der Waals surface area (Å²) in [6, 6.07) is 9.67. The van der Waals surface area contributed by atoms with Crippen molar-refractivity contribution in [3.63, 3.8) is 0 Å². The van der Waals surface area contributed by atoms with Crippen LogP contribution in [0.5, 0.6) is 0 Å². The molecule has 4 heteroatoms. The van der Waals surface area contributed by atoms with Crippen molar-refractivity contribution in [2.45, 2.75) is 25.6 Å². The molecule has 1 aromatic rings. The predicted molar refractivity (Wildman–Crippen MR) is 68.2 cm³/mol. The van der Waals surface area contributed by atoms with E-state index in [4.69, 9.17) is 9.47 Å². The zero-order valence-corrected chi connectivity index (χ0v) is 10.7. The monoisotopic (exact) mass is 249 g/mol. The maximum absolute atomic E-state index is 11.8. The average molecular weight is 249 g/mol. The first-order valence-corrected chi connectivity index (χ1v) is 6.29. The molecule has 0 radical (unpaired) electrons. The molecule has 4 nitrogen and oxygen atoms in total. The number of hydrogen-bond acceptors (Lipinski definition) is 3. The lowest BCUT2D eigenvalue weighted by atomic mass is 10.2. The Morgan fingerprint density at radius 1 is 1.44 bits per heavy atom. The molecule has 0 bridgehead atoms. The molecule has 0 aromatic heterocycles. The number of carbonyl (C=O) groups excluding carboxylic acids is 1. The van der Waals surface area contributed by atoms with E-state index in [-0.39, 0.29) is 12.2 Å². The van der Waals surface area contributed by atoms with Crippen LogP contribution in [0.2, 0.25) is 0 Å². The third-order valence-corrected chi connectivity index (χ3v) is 3.02. The largest absolute Gasteiger partial charge is 0.445 e. The van der Waals surface area contributed by atoms with Crippen molar-refractivity contribution in [3.8, 4) is 0 Å². The highest BCUT2D eigenvalue weighted by Crippen LogP contribution is 2.13. The van der Waals surface area contributed by atoms with Gasteiger partial charge in [-0.2, -0.15) is 0 Å². The Hall–Kier alpha value is -1.55. The summed E-state index contributed by atoms with van der Waals surface area (Å²) < 4.78 is 10.7. The van der Waals surface area contributed by atoms with E-state index in [0.29, 0.717) is 13.2 Å². The van der Waals surface area contributed by atoms with Crippen molar-refractivity contribution in [2.75, 3.05) is 20.2 Å². The lowest BCUT2D eigenvalue weighted by Gasteiger charge is -2.20. The summed E-state index contributed by atoms with van der Waals surface area (Å²) in [6.45, 7) is 1.72. The van der Waals surface area contributed by atoms with Gasteiger partial charge in [0.2, 0.25) is 0 Å². The van der Waals surface area contributed by atoms with Crippen LogP contribution >= 0.6 is 0 Å². The number of rotatable bonds is 4. The summed E-state index contributed by atoms with van der Waals surface area (Å²) in [5.74, 6) is 0. The van der Waals surface area contributed by atoms with Gasteiger partial charge in [-0.05, 0) is 18.4 Å². The third kappa shape index (κ3) is 3.74. The van der Waals surface area contributed by atoms with E-state index in [1.807, 2.05) is 30.3 Å². The molecule has 1 atom stereocenters. The molecular weight excluding hydrogens is 230 g/mol. The molecule has 1 unspecified atom stereocenters. The van der Waals surface area contributed by atoms with Crippen LogP contribution in [0.25, 0.3) is 0 Å². The molecule has 1 aliphatic rings. The molecule has 0 spiro atoms. The van der Waals surface area contributed by atoms with E-state index in [1.54, 1.807) is 11.9 Å². The molecule has 1 aromatic carbocycles. The molecule has 18 heavy (non-hydrogen) atoms. The van der Waals surface area contributed by atoms with Crippen LogP contribution in [0.15, 0.2) is 30.3 Å². The van der Waals surface area contributed by atoms with Crippen LogP contribution in [0.3, 0.4) is 0 Å². The van der Waals surface area contributed by atoms with Crippen LogP contribution in [0, 0.1) is 0 Å². The number of nitrogens with zero attached hydrogens (tertiary/aromatic N) is 1. The molecule has 1 amide bonds. The Morgan fingerprint density at radius 2 is 2.22 bits per heavy atom. The zero-order valence-electron chi connectivity index (χ0n) is 10.7. The van der Waals surface area contributed by atoms with E-state index in [1.165, 1.54) is 0 Å². The fourth-order valence-corrected chi connectivity index (χ4v) is 2.00. The number of amides is 1. The van der Waals surface area contributed by atoms with E-state index in [9.17, 15) is 4.79 Å². The summed E-state index contributed by atoms with van der Waals surface area (Å²) in [6.07, 6.45) is 1.97. The van der Waals surface area contributed by atoms with Gasteiger partial charge in [-0.3, -0.25) is 0 Å². The zero-order chi connectivity index (χ0) is 12.8. The van der Waals surface area contributed by atoms with Gasteiger partial charge in [0, 0.05) is 20.2 Å². The second kappa shape index (κ2) is 6.40. The maximum atomic E-state index is 11.8. The van der Waals surface area contributed by atoms with E-state index >= 15 is 0 Å². The van der Waals surface area contributed by atoms with Gasteiger partial charge in [0.1, 0.15) is 6.61 Å². The van der Waals surface area contributed by atoms with Gasteiger partial charge < -0.3 is 14.4 Å². The minimum atomic E-state index is -0.297. The average Bonchev–Trinajstić information content (AvgIpc) is 2.90. The fraction of sp³-hybridized carbons (Fsp3) is 0.500. The van der Waals surface area contributed by atoms with E-state index < -0.39 is 0 Å². The quantitative estimate of drug-likeness (QED) is 0.822. The molecule has 0 N–H and O–H groups in total. The van der Waals surface area contributed by atoms with Crippen LogP contribution in [-0.4, -0.2) is 37.3 Å². The first kappa shape index (κ1) is 12.9. The lowest BCUT2D eigenvalue weighted by molar-refractivity contribution is 0.0617. The van der Waals surface area contributed by atoms with E-state index in [2.05, 4.69) is 0 Å². The van der Waals surface area contributed by atoms with Gasteiger partial charge in [0.05, 0.1) is 6.10 Å². The van der Waals surface area contributed by atoms with Gasteiger partial charge in [-0.25, -0.2) is 4.79 Å². The van der Waals surface area contributed by atoms with E-state index in [0.717, 1.165) is 25.0 Å². The fourth-order valence-electron chi connectivity index (χ4n) is 2.00. The van der Waals surface area contributed by atoms with Gasteiger partial charge in [-0.15, -0.1) is 0 Å². The molecule has 98 valence electrons. The maximum Gasteiger partial charge on any atom is 0.409 e. The second-order valence-corrected chi connectivity index (χ2v) is 4.56. The molecule has 1 aliphatic heterocycles. The number of ether oxygens (including phenoxy) is 2. The molecule has 2 rings (SSSR count). The molecular formula is C14H19NO3. The smallest absolute Gasteiger partial charge is 0.409 e. The Morgan fingerprint density at radius 3 is 2.89 bits per heavy atom. The van der Waals surface area contributed by atoms with Gasteiger partial charge >= 0.3 is 6.09 Å².